The maximum absolute atomic E-state index is 12.9. The van der Waals surface area contributed by atoms with Gasteiger partial charge in [-0.3, -0.25) is 4.79 Å². The van der Waals surface area contributed by atoms with E-state index in [2.05, 4.69) is 16.0 Å². The van der Waals surface area contributed by atoms with Crippen LogP contribution in [0.3, 0.4) is 0 Å². The van der Waals surface area contributed by atoms with Crippen molar-refractivity contribution in [3.8, 4) is 28.0 Å². The molecule has 3 heterocycles. The van der Waals surface area contributed by atoms with Gasteiger partial charge in [0.05, 0.1) is 20.3 Å². The summed E-state index contributed by atoms with van der Waals surface area (Å²) >= 11 is 6.26. The molecule has 0 spiro atoms. The van der Waals surface area contributed by atoms with Crippen LogP contribution in [-0.2, 0) is 4.74 Å². The number of nitrogens with zero attached hydrogens (tertiary/aromatic N) is 2. The van der Waals surface area contributed by atoms with Crippen molar-refractivity contribution in [2.24, 2.45) is 0 Å². The highest BCUT2D eigenvalue weighted by atomic mass is 35.5. The highest BCUT2D eigenvalue weighted by molar-refractivity contribution is 6.31. The summed E-state index contributed by atoms with van der Waals surface area (Å²) < 4.78 is 10.9. The minimum absolute atomic E-state index is 0.0233. The summed E-state index contributed by atoms with van der Waals surface area (Å²) in [5.41, 5.74) is 5.14. The normalized spacial score (nSPS) is 14.0. The molecule has 0 aliphatic carbocycles. The highest BCUT2D eigenvalue weighted by Gasteiger charge is 2.19. The fourth-order valence-electron chi connectivity index (χ4n) is 4.06. The molecule has 6 nitrogen and oxygen atoms in total. The van der Waals surface area contributed by atoms with Gasteiger partial charge in [-0.1, -0.05) is 23.7 Å². The largest absolute Gasteiger partial charge is 0.496 e. The number of carbonyl (C=O) groups is 1. The Morgan fingerprint density at radius 1 is 1.09 bits per heavy atom. The van der Waals surface area contributed by atoms with Gasteiger partial charge < -0.3 is 19.4 Å². The number of aromatic nitrogens is 2. The number of rotatable bonds is 4. The van der Waals surface area contributed by atoms with Crippen molar-refractivity contribution < 1.29 is 14.3 Å². The van der Waals surface area contributed by atoms with Gasteiger partial charge in [0.2, 0.25) is 0 Å². The summed E-state index contributed by atoms with van der Waals surface area (Å²) in [6.07, 6.45) is 3.73. The van der Waals surface area contributed by atoms with Crippen molar-refractivity contribution in [1.82, 2.24) is 14.9 Å². The SMILES string of the molecule is COc1ccc(Cl)cc1-c1c[nH]c2ncc(-c3cccc(C(=O)N4CCOCC4)c3)cc12. The van der Waals surface area contributed by atoms with Crippen LogP contribution < -0.4 is 4.74 Å². The molecular formula is C25H22ClN3O3. The first-order valence-corrected chi connectivity index (χ1v) is 10.8. The molecule has 0 radical (unpaired) electrons. The number of benzene rings is 2. The van der Waals surface area contributed by atoms with Crippen LogP contribution in [0.25, 0.3) is 33.3 Å². The Labute approximate surface area is 190 Å². The summed E-state index contributed by atoms with van der Waals surface area (Å²) in [6.45, 7) is 2.39. The Morgan fingerprint density at radius 2 is 1.94 bits per heavy atom. The van der Waals surface area contributed by atoms with Crippen molar-refractivity contribution in [1.29, 1.82) is 0 Å². The van der Waals surface area contributed by atoms with Crippen molar-refractivity contribution in [3.05, 3.63) is 71.5 Å². The Hall–Kier alpha value is -3.35. The molecule has 4 aromatic rings. The number of ether oxygens (including phenoxy) is 2. The molecule has 2 aromatic heterocycles. The van der Waals surface area contributed by atoms with E-state index >= 15 is 0 Å². The Bertz CT molecular complexity index is 1290. The Balaban J connectivity index is 1.54. The topological polar surface area (TPSA) is 67.5 Å². The second kappa shape index (κ2) is 8.65. The first-order valence-electron chi connectivity index (χ1n) is 10.4. The average Bonchev–Trinajstić information content (AvgIpc) is 3.27. The third kappa shape index (κ3) is 3.83. The van der Waals surface area contributed by atoms with E-state index in [1.165, 1.54) is 0 Å². The quantitative estimate of drug-likeness (QED) is 0.476. The molecule has 1 aliphatic heterocycles. The van der Waals surface area contributed by atoms with Crippen molar-refractivity contribution in [2.75, 3.05) is 33.4 Å². The maximum atomic E-state index is 12.9. The van der Waals surface area contributed by atoms with E-state index in [0.717, 1.165) is 39.0 Å². The van der Waals surface area contributed by atoms with E-state index in [-0.39, 0.29) is 5.91 Å². The number of methoxy groups -OCH3 is 1. The molecule has 162 valence electrons. The number of H-pyrrole nitrogens is 1. The molecule has 1 fully saturated rings. The lowest BCUT2D eigenvalue weighted by atomic mass is 10.00. The maximum Gasteiger partial charge on any atom is 0.254 e. The number of morpholine rings is 1. The van der Waals surface area contributed by atoms with Crippen LogP contribution in [0, 0.1) is 0 Å². The highest BCUT2D eigenvalue weighted by Crippen LogP contribution is 2.37. The number of fused-ring (bicyclic) bond motifs is 1. The van der Waals surface area contributed by atoms with Crippen molar-refractivity contribution >= 4 is 28.5 Å². The number of halogens is 1. The molecule has 1 aliphatic rings. The number of hydrogen-bond donors (Lipinski definition) is 1. The van der Waals surface area contributed by atoms with Crippen LogP contribution in [0.2, 0.25) is 5.02 Å². The van der Waals surface area contributed by atoms with Crippen LogP contribution in [0.1, 0.15) is 10.4 Å². The second-order valence-corrected chi connectivity index (χ2v) is 8.09. The number of aromatic amines is 1. The zero-order valence-electron chi connectivity index (χ0n) is 17.6. The lowest BCUT2D eigenvalue weighted by Gasteiger charge is -2.27. The van der Waals surface area contributed by atoms with Gasteiger partial charge in [-0.25, -0.2) is 4.98 Å². The minimum atomic E-state index is 0.0233. The van der Waals surface area contributed by atoms with Crippen LogP contribution in [0.15, 0.2) is 60.9 Å². The Morgan fingerprint density at radius 3 is 2.75 bits per heavy atom. The van der Waals surface area contributed by atoms with E-state index in [4.69, 9.17) is 21.1 Å². The molecule has 0 atom stereocenters. The fourth-order valence-corrected chi connectivity index (χ4v) is 4.23. The molecular weight excluding hydrogens is 426 g/mol. The number of nitrogens with one attached hydrogen (secondary N) is 1. The molecule has 0 bridgehead atoms. The lowest BCUT2D eigenvalue weighted by molar-refractivity contribution is 0.0303. The fraction of sp³-hybridized carbons (Fsp3) is 0.200. The smallest absolute Gasteiger partial charge is 0.254 e. The molecule has 5 rings (SSSR count). The second-order valence-electron chi connectivity index (χ2n) is 7.65. The zero-order valence-corrected chi connectivity index (χ0v) is 18.4. The van der Waals surface area contributed by atoms with E-state index in [9.17, 15) is 4.79 Å². The van der Waals surface area contributed by atoms with E-state index < -0.39 is 0 Å². The number of carbonyl (C=O) groups excluding carboxylic acids is 1. The molecule has 1 amide bonds. The first kappa shape index (κ1) is 20.5. The van der Waals surface area contributed by atoms with Gasteiger partial charge >= 0.3 is 0 Å². The van der Waals surface area contributed by atoms with Crippen LogP contribution >= 0.6 is 11.6 Å². The van der Waals surface area contributed by atoms with Gasteiger partial charge in [-0.2, -0.15) is 0 Å². The van der Waals surface area contributed by atoms with E-state index in [0.29, 0.717) is 36.9 Å². The molecule has 0 unspecified atom stereocenters. The summed E-state index contributed by atoms with van der Waals surface area (Å²) in [5.74, 6) is 0.758. The van der Waals surface area contributed by atoms with Crippen LogP contribution in [-0.4, -0.2) is 54.2 Å². The van der Waals surface area contributed by atoms with Crippen molar-refractivity contribution in [3.63, 3.8) is 0 Å². The summed E-state index contributed by atoms with van der Waals surface area (Å²) in [6, 6.07) is 15.3. The lowest BCUT2D eigenvalue weighted by Crippen LogP contribution is -2.40. The molecule has 0 saturated carbocycles. The molecule has 7 heteroatoms. The van der Waals surface area contributed by atoms with Gasteiger partial charge in [0, 0.05) is 58.1 Å². The van der Waals surface area contributed by atoms with Gasteiger partial charge in [-0.05, 0) is 42.0 Å². The van der Waals surface area contributed by atoms with Crippen LogP contribution in [0.4, 0.5) is 0 Å². The van der Waals surface area contributed by atoms with E-state index in [1.54, 1.807) is 13.2 Å². The first-order chi connectivity index (χ1) is 15.6. The predicted octanol–water partition coefficient (Wildman–Crippen LogP) is 5.03. The van der Waals surface area contributed by atoms with Gasteiger partial charge in [0.25, 0.3) is 5.91 Å². The third-order valence-corrected chi connectivity index (χ3v) is 5.96. The zero-order chi connectivity index (χ0) is 22.1. The van der Waals surface area contributed by atoms with Crippen LogP contribution in [0.5, 0.6) is 5.75 Å². The Kier molecular flexibility index (Phi) is 5.55. The van der Waals surface area contributed by atoms with Gasteiger partial charge in [0.1, 0.15) is 11.4 Å². The van der Waals surface area contributed by atoms with Crippen molar-refractivity contribution in [2.45, 2.75) is 0 Å². The molecule has 1 N–H and O–H groups in total. The summed E-state index contributed by atoms with van der Waals surface area (Å²) in [7, 11) is 1.64. The number of hydrogen-bond acceptors (Lipinski definition) is 4. The summed E-state index contributed by atoms with van der Waals surface area (Å²) in [5, 5.41) is 1.58. The summed E-state index contributed by atoms with van der Waals surface area (Å²) in [4.78, 5) is 22.6. The van der Waals surface area contributed by atoms with Gasteiger partial charge in [-0.15, -0.1) is 0 Å². The molecule has 1 saturated heterocycles. The van der Waals surface area contributed by atoms with Gasteiger partial charge in [0.15, 0.2) is 0 Å². The third-order valence-electron chi connectivity index (χ3n) is 5.72. The minimum Gasteiger partial charge on any atom is -0.496 e. The molecule has 2 aromatic carbocycles. The molecule has 32 heavy (non-hydrogen) atoms. The number of pyridine rings is 1. The standard InChI is InChI=1S/C25H22ClN3O3/c1-31-23-6-5-19(26)13-20(23)22-15-28-24-21(22)12-18(14-27-24)16-3-2-4-17(11-16)25(30)29-7-9-32-10-8-29/h2-6,11-15H,7-10H2,1H3,(H,27,28). The van der Waals surface area contributed by atoms with E-state index in [1.807, 2.05) is 53.7 Å². The predicted molar refractivity (Wildman–Crippen MR) is 125 cm³/mol. The monoisotopic (exact) mass is 447 g/mol. The number of amides is 1. The average molecular weight is 448 g/mol.